The van der Waals surface area contributed by atoms with E-state index in [1.807, 2.05) is 24.3 Å². The second kappa shape index (κ2) is 7.68. The topological polar surface area (TPSA) is 96.3 Å². The number of nitrogens with zero attached hydrogens (tertiary/aromatic N) is 1. The van der Waals surface area contributed by atoms with Crippen LogP contribution in [0.1, 0.15) is 16.4 Å². The maximum Gasteiger partial charge on any atom is 0.336 e. The van der Waals surface area contributed by atoms with E-state index in [9.17, 15) is 9.90 Å². The minimum atomic E-state index is -1.35. The van der Waals surface area contributed by atoms with Crippen LogP contribution in [0.2, 0.25) is 0 Å². The molecule has 0 spiro atoms. The Hall–Kier alpha value is -2.49. The number of carbonyl (C=O) groups excluding carboxylic acids is 1. The number of esters is 1. The van der Waals surface area contributed by atoms with E-state index in [-0.39, 0.29) is 0 Å². The Morgan fingerprint density at radius 1 is 1.26 bits per heavy atom. The summed E-state index contributed by atoms with van der Waals surface area (Å²) in [4.78, 5) is 12.5. The first-order valence-corrected chi connectivity index (χ1v) is 7.72. The number of nitriles is 1. The molecule has 0 amide bonds. The smallest absolute Gasteiger partial charge is 0.336 e. The number of para-hydroxylation sites is 1. The molecule has 0 aliphatic heterocycles. The summed E-state index contributed by atoms with van der Waals surface area (Å²) in [7, 11) is 1.23. The normalized spacial score (nSPS) is 12.9. The van der Waals surface area contributed by atoms with Crippen LogP contribution in [0.15, 0.2) is 53.4 Å². The van der Waals surface area contributed by atoms with Gasteiger partial charge in [-0.1, -0.05) is 24.3 Å². The van der Waals surface area contributed by atoms with Crippen LogP contribution >= 0.6 is 11.8 Å². The predicted octanol–water partition coefficient (Wildman–Crippen LogP) is 2.51. The van der Waals surface area contributed by atoms with E-state index in [2.05, 4.69) is 4.74 Å². The van der Waals surface area contributed by atoms with E-state index in [4.69, 9.17) is 11.0 Å². The molecule has 0 fully saturated rings. The number of aliphatic hydroxyl groups is 1. The summed E-state index contributed by atoms with van der Waals surface area (Å²) in [5.41, 5.74) is 7.71. The highest BCUT2D eigenvalue weighted by atomic mass is 32.2. The maximum atomic E-state index is 11.8. The number of methoxy groups -OCH3 is 1. The predicted molar refractivity (Wildman–Crippen MR) is 88.6 cm³/mol. The number of hydrogen-bond donors (Lipinski definition) is 2. The van der Waals surface area contributed by atoms with Crippen LogP contribution in [0, 0.1) is 11.3 Å². The number of nitrogen functional groups attached to an aromatic ring is 1. The number of anilines is 1. The molecule has 3 N–H and O–H groups in total. The molecule has 0 saturated heterocycles. The average molecular weight is 328 g/mol. The van der Waals surface area contributed by atoms with Crippen molar-refractivity contribution < 1.29 is 14.6 Å². The third kappa shape index (κ3) is 4.03. The van der Waals surface area contributed by atoms with Crippen LogP contribution in [0.25, 0.3) is 0 Å². The molecule has 0 aromatic heterocycles. The van der Waals surface area contributed by atoms with Gasteiger partial charge in [-0.2, -0.15) is 5.26 Å². The summed E-state index contributed by atoms with van der Waals surface area (Å²) in [5, 5.41) is 18.6. The van der Waals surface area contributed by atoms with Crippen LogP contribution in [-0.2, 0) is 9.53 Å². The lowest BCUT2D eigenvalue weighted by molar-refractivity contribution is -0.150. The van der Waals surface area contributed by atoms with Crippen LogP contribution < -0.4 is 5.73 Å². The monoisotopic (exact) mass is 328 g/mol. The van der Waals surface area contributed by atoms with Crippen molar-refractivity contribution >= 4 is 23.4 Å². The van der Waals surface area contributed by atoms with Crippen molar-refractivity contribution in [2.24, 2.45) is 0 Å². The highest BCUT2D eigenvalue weighted by Crippen LogP contribution is 2.40. The minimum Gasteiger partial charge on any atom is -0.467 e. The molecule has 2 rings (SSSR count). The van der Waals surface area contributed by atoms with E-state index in [1.54, 1.807) is 30.3 Å². The summed E-state index contributed by atoms with van der Waals surface area (Å²) in [5.74, 6) is -0.721. The van der Waals surface area contributed by atoms with Crippen molar-refractivity contribution in [3.8, 4) is 6.07 Å². The summed E-state index contributed by atoms with van der Waals surface area (Å²) >= 11 is 1.27. The van der Waals surface area contributed by atoms with Crippen LogP contribution in [-0.4, -0.2) is 24.3 Å². The summed E-state index contributed by atoms with van der Waals surface area (Å²) in [6.45, 7) is 0. The Kier molecular flexibility index (Phi) is 5.63. The van der Waals surface area contributed by atoms with Crippen molar-refractivity contribution in [1.82, 2.24) is 0 Å². The molecular formula is C17H16N2O3S. The van der Waals surface area contributed by atoms with Gasteiger partial charge in [0.05, 0.1) is 24.0 Å². The molecule has 2 unspecified atom stereocenters. The number of thioether (sulfide) groups is 1. The van der Waals surface area contributed by atoms with E-state index < -0.39 is 17.3 Å². The lowest BCUT2D eigenvalue weighted by Gasteiger charge is -2.22. The van der Waals surface area contributed by atoms with Crippen molar-refractivity contribution in [1.29, 1.82) is 5.26 Å². The van der Waals surface area contributed by atoms with E-state index in [0.717, 1.165) is 4.90 Å². The van der Waals surface area contributed by atoms with Gasteiger partial charge < -0.3 is 15.6 Å². The fourth-order valence-electron chi connectivity index (χ4n) is 2.03. The molecule has 5 nitrogen and oxygen atoms in total. The molecule has 0 heterocycles. The van der Waals surface area contributed by atoms with Gasteiger partial charge in [0.15, 0.2) is 6.10 Å². The molecule has 23 heavy (non-hydrogen) atoms. The van der Waals surface area contributed by atoms with Gasteiger partial charge in [0.2, 0.25) is 0 Å². The molecule has 0 aliphatic carbocycles. The van der Waals surface area contributed by atoms with Crippen molar-refractivity contribution in [3.63, 3.8) is 0 Å². The highest BCUT2D eigenvalue weighted by molar-refractivity contribution is 7.99. The van der Waals surface area contributed by atoms with Crippen LogP contribution in [0.3, 0.4) is 0 Å². The quantitative estimate of drug-likeness (QED) is 0.497. The van der Waals surface area contributed by atoms with E-state index >= 15 is 0 Å². The Balaban J connectivity index is 2.37. The first-order valence-electron chi connectivity index (χ1n) is 6.84. The Bertz CT molecular complexity index is 725. The van der Waals surface area contributed by atoms with Crippen molar-refractivity contribution in [3.05, 3.63) is 59.7 Å². The summed E-state index contributed by atoms with van der Waals surface area (Å²) in [6.07, 6.45) is -1.35. The average Bonchev–Trinajstić information content (AvgIpc) is 2.60. The second-order valence-electron chi connectivity index (χ2n) is 4.78. The molecule has 118 valence electrons. The lowest BCUT2D eigenvalue weighted by atomic mass is 10.1. The number of nitrogens with two attached hydrogens (primary N) is 1. The van der Waals surface area contributed by atoms with E-state index in [1.165, 1.54) is 18.9 Å². The van der Waals surface area contributed by atoms with Gasteiger partial charge in [-0.15, -0.1) is 11.8 Å². The molecule has 6 heteroatoms. The molecule has 0 bridgehead atoms. The van der Waals surface area contributed by atoms with Gasteiger partial charge in [-0.3, -0.25) is 0 Å². The van der Waals surface area contributed by atoms with Gasteiger partial charge in [0, 0.05) is 10.6 Å². The number of ether oxygens (including phenoxy) is 1. The van der Waals surface area contributed by atoms with Crippen LogP contribution in [0.5, 0.6) is 0 Å². The van der Waals surface area contributed by atoms with Gasteiger partial charge in [-0.05, 0) is 29.8 Å². The number of aliphatic hydroxyl groups excluding tert-OH is 1. The maximum absolute atomic E-state index is 11.8. The zero-order valence-electron chi connectivity index (χ0n) is 12.5. The SMILES string of the molecule is COC(=O)C(O)C(Sc1ccccc1N)c1ccc(C#N)cc1. The fraction of sp³-hybridized carbons (Fsp3) is 0.176. The highest BCUT2D eigenvalue weighted by Gasteiger charge is 2.30. The third-order valence-electron chi connectivity index (χ3n) is 3.27. The van der Waals surface area contributed by atoms with Gasteiger partial charge in [0.25, 0.3) is 0 Å². The Morgan fingerprint density at radius 2 is 1.91 bits per heavy atom. The minimum absolute atomic E-state index is 0.504. The van der Waals surface area contributed by atoms with Gasteiger partial charge in [0.1, 0.15) is 0 Å². The molecule has 0 aliphatic rings. The number of carbonyl (C=O) groups is 1. The molecule has 2 aromatic rings. The van der Waals surface area contributed by atoms with Crippen LogP contribution in [0.4, 0.5) is 5.69 Å². The first kappa shape index (κ1) is 16.9. The van der Waals surface area contributed by atoms with Gasteiger partial charge >= 0.3 is 5.97 Å². The fourth-order valence-corrected chi connectivity index (χ4v) is 3.20. The standard InChI is InChI=1S/C17H16N2O3S/c1-22-17(21)15(20)16(12-8-6-11(10-18)7-9-12)23-14-5-3-2-4-13(14)19/h2-9,15-16,20H,19H2,1H3. The Labute approximate surface area is 138 Å². The largest absolute Gasteiger partial charge is 0.467 e. The third-order valence-corrected chi connectivity index (χ3v) is 4.68. The zero-order valence-corrected chi connectivity index (χ0v) is 13.3. The number of benzene rings is 2. The van der Waals surface area contributed by atoms with Crippen molar-refractivity contribution in [2.75, 3.05) is 12.8 Å². The number of rotatable bonds is 5. The molecule has 0 saturated carbocycles. The second-order valence-corrected chi connectivity index (χ2v) is 5.96. The first-order chi connectivity index (χ1) is 11.1. The van der Waals surface area contributed by atoms with E-state index in [0.29, 0.717) is 16.8 Å². The molecule has 0 radical (unpaired) electrons. The molecular weight excluding hydrogens is 312 g/mol. The van der Waals surface area contributed by atoms with Crippen molar-refractivity contribution in [2.45, 2.75) is 16.2 Å². The lowest BCUT2D eigenvalue weighted by Crippen LogP contribution is -2.27. The summed E-state index contributed by atoms with van der Waals surface area (Å²) < 4.78 is 4.64. The van der Waals surface area contributed by atoms with Gasteiger partial charge in [-0.25, -0.2) is 4.79 Å². The number of hydrogen-bond acceptors (Lipinski definition) is 6. The molecule has 2 atom stereocenters. The zero-order chi connectivity index (χ0) is 16.8. The Morgan fingerprint density at radius 3 is 2.48 bits per heavy atom. The summed E-state index contributed by atoms with van der Waals surface area (Å²) in [6, 6.07) is 16.0. The molecule has 2 aromatic carbocycles.